The van der Waals surface area contributed by atoms with Crippen LogP contribution in [0.25, 0.3) is 5.65 Å². The second kappa shape index (κ2) is 7.68. The molecular formula is C19H19N9O. The zero-order valence-electron chi connectivity index (χ0n) is 15.6. The number of hydrogen-bond acceptors (Lipinski definition) is 9. The van der Waals surface area contributed by atoms with Gasteiger partial charge < -0.3 is 19.4 Å². The van der Waals surface area contributed by atoms with Crippen molar-refractivity contribution in [2.45, 2.75) is 0 Å². The maximum Gasteiger partial charge on any atom is 0.233 e. The SMILES string of the molecule is c1cnc(Nc2nc(Nc3ccn4ccnc4c3)cc(N3CCOCC3)n2)nc1. The van der Waals surface area contributed by atoms with Crippen molar-refractivity contribution in [3.8, 4) is 0 Å². The molecule has 5 rings (SSSR count). The predicted molar refractivity (Wildman–Crippen MR) is 109 cm³/mol. The molecule has 0 spiro atoms. The molecule has 0 saturated carbocycles. The Hall–Kier alpha value is -3.79. The van der Waals surface area contributed by atoms with Crippen LogP contribution >= 0.6 is 0 Å². The third-order valence-electron chi connectivity index (χ3n) is 4.51. The number of fused-ring (bicyclic) bond motifs is 1. The van der Waals surface area contributed by atoms with Crippen LogP contribution in [-0.2, 0) is 4.74 Å². The fourth-order valence-electron chi connectivity index (χ4n) is 3.11. The van der Waals surface area contributed by atoms with Gasteiger partial charge in [0.2, 0.25) is 11.9 Å². The van der Waals surface area contributed by atoms with Gasteiger partial charge in [0.15, 0.2) is 0 Å². The molecule has 0 unspecified atom stereocenters. The van der Waals surface area contributed by atoms with Crippen LogP contribution in [0.15, 0.2) is 55.2 Å². The van der Waals surface area contributed by atoms with Crippen molar-refractivity contribution >= 4 is 34.9 Å². The third-order valence-corrected chi connectivity index (χ3v) is 4.51. The number of nitrogens with zero attached hydrogens (tertiary/aromatic N) is 7. The molecule has 0 aromatic carbocycles. The van der Waals surface area contributed by atoms with E-state index in [1.54, 1.807) is 24.7 Å². The van der Waals surface area contributed by atoms with Gasteiger partial charge in [0.1, 0.15) is 17.3 Å². The lowest BCUT2D eigenvalue weighted by Gasteiger charge is -2.28. The Labute approximate surface area is 166 Å². The highest BCUT2D eigenvalue weighted by molar-refractivity contribution is 5.65. The minimum Gasteiger partial charge on any atom is -0.378 e. The number of anilines is 5. The van der Waals surface area contributed by atoms with Crippen LogP contribution in [-0.4, -0.2) is 55.6 Å². The first-order chi connectivity index (χ1) is 14.3. The van der Waals surface area contributed by atoms with Crippen LogP contribution in [0.3, 0.4) is 0 Å². The van der Waals surface area contributed by atoms with E-state index in [1.807, 2.05) is 35.0 Å². The van der Waals surface area contributed by atoms with Gasteiger partial charge in [-0.2, -0.15) is 9.97 Å². The Morgan fingerprint density at radius 1 is 0.862 bits per heavy atom. The molecule has 0 amide bonds. The van der Waals surface area contributed by atoms with E-state index >= 15 is 0 Å². The summed E-state index contributed by atoms with van der Waals surface area (Å²) in [6.07, 6.45) is 8.95. The lowest BCUT2D eigenvalue weighted by Crippen LogP contribution is -2.36. The van der Waals surface area contributed by atoms with Crippen molar-refractivity contribution in [2.75, 3.05) is 41.8 Å². The molecule has 4 aromatic rings. The topological polar surface area (TPSA) is 105 Å². The van der Waals surface area contributed by atoms with Gasteiger partial charge >= 0.3 is 0 Å². The van der Waals surface area contributed by atoms with Gasteiger partial charge in [-0.1, -0.05) is 0 Å². The summed E-state index contributed by atoms with van der Waals surface area (Å²) >= 11 is 0. The molecule has 1 fully saturated rings. The number of ether oxygens (including phenoxy) is 1. The fraction of sp³-hybridized carbons (Fsp3) is 0.211. The second-order valence-electron chi connectivity index (χ2n) is 6.46. The molecule has 0 bridgehead atoms. The van der Waals surface area contributed by atoms with Crippen LogP contribution in [0.5, 0.6) is 0 Å². The van der Waals surface area contributed by atoms with Crippen molar-refractivity contribution in [3.05, 3.63) is 55.2 Å². The van der Waals surface area contributed by atoms with E-state index in [2.05, 4.69) is 40.5 Å². The van der Waals surface area contributed by atoms with E-state index in [0.29, 0.717) is 30.9 Å². The average Bonchev–Trinajstić information content (AvgIpc) is 3.23. The summed E-state index contributed by atoms with van der Waals surface area (Å²) in [6, 6.07) is 7.62. The van der Waals surface area contributed by atoms with Crippen molar-refractivity contribution < 1.29 is 4.74 Å². The first-order valence-electron chi connectivity index (χ1n) is 9.29. The van der Waals surface area contributed by atoms with Crippen LogP contribution < -0.4 is 15.5 Å². The van der Waals surface area contributed by atoms with Crippen LogP contribution in [0.1, 0.15) is 0 Å². The molecular weight excluding hydrogens is 370 g/mol. The van der Waals surface area contributed by atoms with Gasteiger partial charge in [0, 0.05) is 61.9 Å². The van der Waals surface area contributed by atoms with Crippen LogP contribution in [0.2, 0.25) is 0 Å². The number of pyridine rings is 1. The summed E-state index contributed by atoms with van der Waals surface area (Å²) in [4.78, 5) is 24.1. The normalized spacial score (nSPS) is 14.1. The van der Waals surface area contributed by atoms with E-state index in [4.69, 9.17) is 4.74 Å². The molecule has 10 nitrogen and oxygen atoms in total. The summed E-state index contributed by atoms with van der Waals surface area (Å²) in [5.41, 5.74) is 1.74. The lowest BCUT2D eigenvalue weighted by molar-refractivity contribution is 0.122. The van der Waals surface area contributed by atoms with Gasteiger partial charge in [0.05, 0.1) is 13.2 Å². The summed E-state index contributed by atoms with van der Waals surface area (Å²) < 4.78 is 7.41. The number of nitrogens with one attached hydrogen (secondary N) is 2. The van der Waals surface area contributed by atoms with Crippen molar-refractivity contribution in [3.63, 3.8) is 0 Å². The summed E-state index contributed by atoms with van der Waals surface area (Å²) in [5, 5.41) is 6.42. The number of rotatable bonds is 5. The summed E-state index contributed by atoms with van der Waals surface area (Å²) in [7, 11) is 0. The predicted octanol–water partition coefficient (Wildman–Crippen LogP) is 2.24. The van der Waals surface area contributed by atoms with Gasteiger partial charge in [-0.05, 0) is 12.1 Å². The van der Waals surface area contributed by atoms with Gasteiger partial charge in [-0.25, -0.2) is 15.0 Å². The van der Waals surface area contributed by atoms with E-state index < -0.39 is 0 Å². The first kappa shape index (κ1) is 17.3. The second-order valence-corrected chi connectivity index (χ2v) is 6.46. The Morgan fingerprint density at radius 3 is 2.59 bits per heavy atom. The van der Waals surface area contributed by atoms with Crippen LogP contribution in [0.4, 0.5) is 29.2 Å². The molecule has 4 aromatic heterocycles. The number of imidazole rings is 1. The highest BCUT2D eigenvalue weighted by Gasteiger charge is 2.16. The molecule has 2 N–H and O–H groups in total. The van der Waals surface area contributed by atoms with E-state index in [1.165, 1.54) is 0 Å². The molecule has 0 radical (unpaired) electrons. The van der Waals surface area contributed by atoms with Crippen LogP contribution in [0, 0.1) is 0 Å². The Balaban J connectivity index is 1.47. The highest BCUT2D eigenvalue weighted by Crippen LogP contribution is 2.23. The molecule has 146 valence electrons. The first-order valence-corrected chi connectivity index (χ1v) is 9.29. The zero-order valence-corrected chi connectivity index (χ0v) is 15.6. The average molecular weight is 389 g/mol. The molecule has 1 aliphatic heterocycles. The van der Waals surface area contributed by atoms with Crippen molar-refractivity contribution in [1.82, 2.24) is 29.3 Å². The van der Waals surface area contributed by atoms with Crippen molar-refractivity contribution in [2.24, 2.45) is 0 Å². The smallest absolute Gasteiger partial charge is 0.233 e. The van der Waals surface area contributed by atoms with E-state index in [0.717, 1.165) is 30.2 Å². The summed E-state index contributed by atoms with van der Waals surface area (Å²) in [6.45, 7) is 2.90. The monoisotopic (exact) mass is 389 g/mol. The number of hydrogen-bond donors (Lipinski definition) is 2. The molecule has 1 aliphatic rings. The molecule has 1 saturated heterocycles. The summed E-state index contributed by atoms with van der Waals surface area (Å²) in [5.74, 6) is 2.34. The Morgan fingerprint density at radius 2 is 1.72 bits per heavy atom. The Kier molecular flexibility index (Phi) is 4.59. The number of aromatic nitrogens is 6. The van der Waals surface area contributed by atoms with E-state index in [-0.39, 0.29) is 0 Å². The molecule has 10 heteroatoms. The minimum absolute atomic E-state index is 0.421. The maximum atomic E-state index is 5.46. The fourth-order valence-corrected chi connectivity index (χ4v) is 3.11. The standard InChI is InChI=1S/C19H19N9O/c1-3-21-18(22-4-1)26-19-24-15(13-17(25-19)28-8-10-29-11-9-28)23-14-2-6-27-7-5-20-16(27)12-14/h1-7,12-13H,8-11H2,(H2,21,22,23,24,25,26). The molecule has 0 atom stereocenters. The Bertz CT molecular complexity index is 1110. The quantitative estimate of drug-likeness (QED) is 0.531. The van der Waals surface area contributed by atoms with E-state index in [9.17, 15) is 0 Å². The maximum absolute atomic E-state index is 5.46. The number of morpholine rings is 1. The zero-order chi connectivity index (χ0) is 19.5. The minimum atomic E-state index is 0.421. The molecule has 0 aliphatic carbocycles. The van der Waals surface area contributed by atoms with Gasteiger partial charge in [0.25, 0.3) is 0 Å². The third kappa shape index (κ3) is 3.92. The van der Waals surface area contributed by atoms with Crippen molar-refractivity contribution in [1.29, 1.82) is 0 Å². The highest BCUT2D eigenvalue weighted by atomic mass is 16.5. The lowest BCUT2D eigenvalue weighted by atomic mass is 10.3. The van der Waals surface area contributed by atoms with Gasteiger partial charge in [-0.15, -0.1) is 0 Å². The molecule has 29 heavy (non-hydrogen) atoms. The largest absolute Gasteiger partial charge is 0.378 e. The van der Waals surface area contributed by atoms with Gasteiger partial charge in [-0.3, -0.25) is 5.32 Å². The molecule has 5 heterocycles.